The highest BCUT2D eigenvalue weighted by molar-refractivity contribution is 7.80. The van der Waals surface area contributed by atoms with Crippen molar-refractivity contribution in [1.29, 1.82) is 0 Å². The molecule has 0 amide bonds. The first-order chi connectivity index (χ1) is 12.1. The summed E-state index contributed by atoms with van der Waals surface area (Å²) in [7, 11) is 0. The zero-order valence-electron chi connectivity index (χ0n) is 14.4. The summed E-state index contributed by atoms with van der Waals surface area (Å²) in [5.74, 6) is 0.210. The van der Waals surface area contributed by atoms with Crippen molar-refractivity contribution in [3.05, 3.63) is 84.1 Å². The number of H-pyrrole nitrogens is 1. The number of benzene rings is 2. The van der Waals surface area contributed by atoms with Crippen LogP contribution >= 0.6 is 12.2 Å². The number of thiocarbonyl (C=S) groups is 1. The molecule has 0 aliphatic rings. The zero-order valence-corrected chi connectivity index (χ0v) is 15.2. The Balaban J connectivity index is 1.84. The number of nitrogens with one attached hydrogen (secondary N) is 3. The summed E-state index contributed by atoms with van der Waals surface area (Å²) in [6.07, 6.45) is 2.11. The molecule has 1 aromatic heterocycles. The molecule has 0 aliphatic carbocycles. The lowest BCUT2D eigenvalue weighted by molar-refractivity contribution is 0.749. The van der Waals surface area contributed by atoms with E-state index in [0.29, 0.717) is 11.7 Å². The Morgan fingerprint density at radius 3 is 2.56 bits per heavy atom. The van der Waals surface area contributed by atoms with Crippen LogP contribution in [0, 0.1) is 0 Å². The Bertz CT molecular complexity index is 867. The minimum Gasteiger partial charge on any atom is -0.362 e. The lowest BCUT2D eigenvalue weighted by Crippen LogP contribution is -2.38. The largest absolute Gasteiger partial charge is 0.362 e. The summed E-state index contributed by atoms with van der Waals surface area (Å²) in [6, 6.07) is 18.9. The van der Waals surface area contributed by atoms with E-state index in [9.17, 15) is 0 Å². The van der Waals surface area contributed by atoms with Crippen molar-refractivity contribution in [3.63, 3.8) is 0 Å². The van der Waals surface area contributed by atoms with Gasteiger partial charge in [0.2, 0.25) is 0 Å². The predicted molar refractivity (Wildman–Crippen MR) is 110 cm³/mol. The van der Waals surface area contributed by atoms with Crippen molar-refractivity contribution in [2.75, 3.05) is 13.1 Å². The van der Waals surface area contributed by atoms with Gasteiger partial charge in [0.15, 0.2) is 5.11 Å². The van der Waals surface area contributed by atoms with Gasteiger partial charge < -0.3 is 15.6 Å². The second kappa shape index (κ2) is 7.99. The predicted octanol–water partition coefficient (Wildman–Crippen LogP) is 4.34. The number of rotatable bonds is 6. The average molecular weight is 350 g/mol. The maximum absolute atomic E-state index is 5.39. The number of hydrogen-bond donors (Lipinski definition) is 3. The molecule has 0 saturated heterocycles. The fourth-order valence-electron chi connectivity index (χ4n) is 2.96. The van der Waals surface area contributed by atoms with E-state index in [4.69, 9.17) is 12.2 Å². The number of para-hydroxylation sites is 1. The first-order valence-electron chi connectivity index (χ1n) is 8.42. The van der Waals surface area contributed by atoms with E-state index < -0.39 is 0 Å². The molecule has 3 rings (SSSR count). The lowest BCUT2D eigenvalue weighted by Gasteiger charge is -2.19. The van der Waals surface area contributed by atoms with E-state index in [1.807, 2.05) is 13.0 Å². The van der Waals surface area contributed by atoms with Gasteiger partial charge in [0.25, 0.3) is 0 Å². The first kappa shape index (κ1) is 17.2. The second-order valence-electron chi connectivity index (χ2n) is 6.27. The summed E-state index contributed by atoms with van der Waals surface area (Å²) in [6.45, 7) is 7.29. The summed E-state index contributed by atoms with van der Waals surface area (Å²) in [4.78, 5) is 3.38. The van der Waals surface area contributed by atoms with E-state index in [-0.39, 0.29) is 5.92 Å². The second-order valence-corrected chi connectivity index (χ2v) is 6.68. The van der Waals surface area contributed by atoms with Gasteiger partial charge in [0.1, 0.15) is 0 Å². The van der Waals surface area contributed by atoms with Crippen LogP contribution in [0.2, 0.25) is 0 Å². The average Bonchev–Trinajstić information content (AvgIpc) is 3.05. The Hall–Kier alpha value is -2.59. The molecule has 0 bridgehead atoms. The number of fused-ring (bicyclic) bond motifs is 1. The molecule has 3 aromatic rings. The van der Waals surface area contributed by atoms with E-state index in [2.05, 4.69) is 76.9 Å². The zero-order chi connectivity index (χ0) is 17.6. The van der Waals surface area contributed by atoms with Gasteiger partial charge in [0, 0.05) is 36.1 Å². The van der Waals surface area contributed by atoms with Crippen molar-refractivity contribution in [1.82, 2.24) is 15.6 Å². The van der Waals surface area contributed by atoms with Gasteiger partial charge in [-0.05, 0) is 36.3 Å². The standard InChI is InChI=1S/C21H23N3S/c1-15(2)12-23-21(25)24-13-18(16-8-4-3-5-9-16)19-14-22-20-11-7-6-10-17(19)20/h3-11,14,18,22H,1,12-13H2,2H3,(H2,23,24,25)/t18-/m1/s1. The highest BCUT2D eigenvalue weighted by Crippen LogP contribution is 2.30. The molecule has 3 nitrogen and oxygen atoms in total. The fraction of sp³-hybridized carbons (Fsp3) is 0.190. The summed E-state index contributed by atoms with van der Waals surface area (Å²) in [5, 5.41) is 8.44. The van der Waals surface area contributed by atoms with Crippen LogP contribution in [0.4, 0.5) is 0 Å². The SMILES string of the molecule is C=C(C)CNC(=S)NC[C@H](c1ccccc1)c1c[nH]c2ccccc12. The quantitative estimate of drug-likeness (QED) is 0.458. The summed E-state index contributed by atoms with van der Waals surface area (Å²) in [5.41, 5.74) is 4.75. The molecular formula is C21H23N3S. The summed E-state index contributed by atoms with van der Waals surface area (Å²) >= 11 is 5.39. The molecule has 0 radical (unpaired) electrons. The third kappa shape index (κ3) is 4.28. The number of hydrogen-bond acceptors (Lipinski definition) is 1. The summed E-state index contributed by atoms with van der Waals surface area (Å²) < 4.78 is 0. The molecule has 0 aliphatic heterocycles. The fourth-order valence-corrected chi connectivity index (χ4v) is 3.12. The van der Waals surface area contributed by atoms with Gasteiger partial charge in [-0.15, -0.1) is 0 Å². The Morgan fingerprint density at radius 1 is 1.08 bits per heavy atom. The molecule has 128 valence electrons. The van der Waals surface area contributed by atoms with Crippen LogP contribution in [0.25, 0.3) is 10.9 Å². The molecule has 0 unspecified atom stereocenters. The van der Waals surface area contributed by atoms with Gasteiger partial charge >= 0.3 is 0 Å². The third-order valence-electron chi connectivity index (χ3n) is 4.22. The van der Waals surface area contributed by atoms with Crippen LogP contribution in [0.1, 0.15) is 24.0 Å². The van der Waals surface area contributed by atoms with E-state index in [1.165, 1.54) is 16.5 Å². The first-order valence-corrected chi connectivity index (χ1v) is 8.83. The topological polar surface area (TPSA) is 39.8 Å². The highest BCUT2D eigenvalue weighted by atomic mass is 32.1. The van der Waals surface area contributed by atoms with E-state index in [0.717, 1.165) is 17.6 Å². The minimum absolute atomic E-state index is 0.210. The van der Waals surface area contributed by atoms with Gasteiger partial charge in [0.05, 0.1) is 0 Å². The number of aromatic amines is 1. The molecular weight excluding hydrogens is 326 g/mol. The van der Waals surface area contributed by atoms with E-state index in [1.54, 1.807) is 0 Å². The van der Waals surface area contributed by atoms with Crippen LogP contribution in [-0.4, -0.2) is 23.2 Å². The van der Waals surface area contributed by atoms with Crippen molar-refractivity contribution in [2.24, 2.45) is 0 Å². The molecule has 1 atom stereocenters. The minimum atomic E-state index is 0.210. The van der Waals surface area contributed by atoms with Gasteiger partial charge in [-0.3, -0.25) is 0 Å². The van der Waals surface area contributed by atoms with Crippen LogP contribution in [-0.2, 0) is 0 Å². The molecule has 3 N–H and O–H groups in total. The monoisotopic (exact) mass is 349 g/mol. The molecule has 25 heavy (non-hydrogen) atoms. The van der Waals surface area contributed by atoms with Gasteiger partial charge in [-0.2, -0.15) is 0 Å². The van der Waals surface area contributed by atoms with E-state index >= 15 is 0 Å². The van der Waals surface area contributed by atoms with Crippen LogP contribution in [0.3, 0.4) is 0 Å². The van der Waals surface area contributed by atoms with Crippen molar-refractivity contribution in [2.45, 2.75) is 12.8 Å². The Morgan fingerprint density at radius 2 is 1.80 bits per heavy atom. The van der Waals surface area contributed by atoms with Gasteiger partial charge in [-0.1, -0.05) is 60.7 Å². The number of aromatic nitrogens is 1. The maximum atomic E-state index is 5.39. The molecule has 1 heterocycles. The molecule has 0 spiro atoms. The Labute approximate surface area is 154 Å². The molecule has 4 heteroatoms. The van der Waals surface area contributed by atoms with Crippen LogP contribution in [0.15, 0.2) is 72.9 Å². The Kier molecular flexibility index (Phi) is 5.51. The highest BCUT2D eigenvalue weighted by Gasteiger charge is 2.18. The normalized spacial score (nSPS) is 11.9. The molecule has 2 aromatic carbocycles. The van der Waals surface area contributed by atoms with Crippen molar-refractivity contribution < 1.29 is 0 Å². The smallest absolute Gasteiger partial charge is 0.166 e. The lowest BCUT2D eigenvalue weighted by atomic mass is 9.91. The third-order valence-corrected chi connectivity index (χ3v) is 4.50. The maximum Gasteiger partial charge on any atom is 0.166 e. The van der Waals surface area contributed by atoms with Crippen LogP contribution < -0.4 is 10.6 Å². The van der Waals surface area contributed by atoms with Crippen molar-refractivity contribution in [3.8, 4) is 0 Å². The van der Waals surface area contributed by atoms with Crippen LogP contribution in [0.5, 0.6) is 0 Å². The van der Waals surface area contributed by atoms with Gasteiger partial charge in [-0.25, -0.2) is 0 Å². The molecule has 0 saturated carbocycles. The van der Waals surface area contributed by atoms with Crippen molar-refractivity contribution >= 4 is 28.2 Å². The molecule has 0 fully saturated rings.